The average Bonchev–Trinajstić information content (AvgIpc) is 2.54. The fourth-order valence-corrected chi connectivity index (χ4v) is 2.13. The van der Waals surface area contributed by atoms with E-state index in [4.69, 9.17) is 23.2 Å². The molecule has 2 rings (SSSR count). The number of carbonyl (C=O) groups is 2. The summed E-state index contributed by atoms with van der Waals surface area (Å²) in [5.41, 5.74) is 1.24. The summed E-state index contributed by atoms with van der Waals surface area (Å²) in [7, 11) is 0. The molecular weight excluding hydrogens is 337 g/mol. The zero-order valence-corrected chi connectivity index (χ0v) is 13.7. The van der Waals surface area contributed by atoms with Crippen molar-refractivity contribution in [3.05, 3.63) is 63.9 Å². The molecule has 7 heteroatoms. The Morgan fingerprint density at radius 2 is 1.74 bits per heavy atom. The van der Waals surface area contributed by atoms with Crippen molar-refractivity contribution in [2.75, 3.05) is 13.1 Å². The van der Waals surface area contributed by atoms with Crippen LogP contribution < -0.4 is 10.6 Å². The Morgan fingerprint density at radius 3 is 2.43 bits per heavy atom. The molecule has 0 bridgehead atoms. The highest BCUT2D eigenvalue weighted by Crippen LogP contribution is 2.09. The van der Waals surface area contributed by atoms with Crippen LogP contribution in [-0.4, -0.2) is 29.9 Å². The second-order valence-corrected chi connectivity index (χ2v) is 5.64. The number of hydrogen-bond acceptors (Lipinski definition) is 3. The van der Waals surface area contributed by atoms with Crippen molar-refractivity contribution in [2.45, 2.75) is 6.42 Å². The highest BCUT2D eigenvalue weighted by Gasteiger charge is 2.09. The Hall–Kier alpha value is -2.11. The van der Waals surface area contributed by atoms with Crippen LogP contribution in [0.25, 0.3) is 0 Å². The van der Waals surface area contributed by atoms with Crippen molar-refractivity contribution < 1.29 is 9.59 Å². The van der Waals surface area contributed by atoms with Gasteiger partial charge in [-0.25, -0.2) is 0 Å². The molecule has 0 saturated heterocycles. The van der Waals surface area contributed by atoms with Crippen molar-refractivity contribution in [2.24, 2.45) is 0 Å². The molecular formula is C16H15Cl2N3O2. The first-order valence-electron chi connectivity index (χ1n) is 6.95. The van der Waals surface area contributed by atoms with Crippen LogP contribution in [0.15, 0.2) is 42.6 Å². The summed E-state index contributed by atoms with van der Waals surface area (Å²) in [6, 6.07) is 10.4. The first kappa shape index (κ1) is 17.2. The number of pyridine rings is 1. The number of amides is 2. The van der Waals surface area contributed by atoms with E-state index in [9.17, 15) is 9.59 Å². The fourth-order valence-electron chi connectivity index (χ4n) is 1.84. The predicted molar refractivity (Wildman–Crippen MR) is 89.7 cm³/mol. The van der Waals surface area contributed by atoms with Gasteiger partial charge in [0.25, 0.3) is 5.91 Å². The topological polar surface area (TPSA) is 71.1 Å². The normalized spacial score (nSPS) is 10.2. The van der Waals surface area contributed by atoms with Crippen LogP contribution >= 0.6 is 23.2 Å². The van der Waals surface area contributed by atoms with E-state index < -0.39 is 5.91 Å². The highest BCUT2D eigenvalue weighted by molar-refractivity contribution is 6.31. The summed E-state index contributed by atoms with van der Waals surface area (Å²) in [5.74, 6) is -0.713. The lowest BCUT2D eigenvalue weighted by Crippen LogP contribution is -2.37. The third-order valence-corrected chi connectivity index (χ3v) is 3.50. The van der Waals surface area contributed by atoms with Crippen LogP contribution in [0.5, 0.6) is 0 Å². The van der Waals surface area contributed by atoms with E-state index in [1.165, 1.54) is 12.3 Å². The first-order chi connectivity index (χ1) is 11.0. The largest absolute Gasteiger partial charge is 0.354 e. The van der Waals surface area contributed by atoms with Gasteiger partial charge < -0.3 is 10.6 Å². The summed E-state index contributed by atoms with van der Waals surface area (Å²) >= 11 is 11.6. The van der Waals surface area contributed by atoms with E-state index >= 15 is 0 Å². The Bertz CT molecular complexity index is 690. The summed E-state index contributed by atoms with van der Waals surface area (Å²) in [6.07, 6.45) is 2.12. The molecule has 0 aliphatic heterocycles. The third-order valence-electron chi connectivity index (χ3n) is 3.01. The molecule has 0 spiro atoms. The maximum atomic E-state index is 11.8. The van der Waals surface area contributed by atoms with Crippen LogP contribution in [0.3, 0.4) is 0 Å². The van der Waals surface area contributed by atoms with Crippen molar-refractivity contribution >= 4 is 35.0 Å². The van der Waals surface area contributed by atoms with Gasteiger partial charge in [0.05, 0.1) is 6.54 Å². The zero-order valence-electron chi connectivity index (χ0n) is 12.2. The average molecular weight is 352 g/mol. The number of halogens is 2. The quantitative estimate of drug-likeness (QED) is 0.839. The fraction of sp³-hybridized carbons (Fsp3) is 0.188. The molecule has 1 aromatic carbocycles. The number of nitrogens with one attached hydrogen (secondary N) is 2. The van der Waals surface area contributed by atoms with Gasteiger partial charge in [-0.05, 0) is 36.2 Å². The molecule has 1 heterocycles. The number of benzene rings is 1. The Labute approximate surface area is 144 Å². The smallest absolute Gasteiger partial charge is 0.270 e. The monoisotopic (exact) mass is 351 g/mol. The molecule has 120 valence electrons. The minimum Gasteiger partial charge on any atom is -0.354 e. The maximum absolute atomic E-state index is 11.8. The number of carbonyl (C=O) groups excluding carboxylic acids is 2. The van der Waals surface area contributed by atoms with Gasteiger partial charge in [0, 0.05) is 22.8 Å². The molecule has 0 aliphatic carbocycles. The number of aromatic nitrogens is 1. The SMILES string of the molecule is O=C(CNC(=O)c1cc(Cl)ccn1)NCCc1ccc(Cl)cc1. The van der Waals surface area contributed by atoms with Gasteiger partial charge in [-0.15, -0.1) is 0 Å². The van der Waals surface area contributed by atoms with Gasteiger partial charge in [0.1, 0.15) is 5.69 Å². The maximum Gasteiger partial charge on any atom is 0.270 e. The standard InChI is InChI=1S/C16H15Cl2N3O2/c17-12-3-1-11(2-4-12)5-7-20-15(22)10-21-16(23)14-9-13(18)6-8-19-14/h1-4,6,8-9H,5,7,10H2,(H,20,22)(H,21,23). The molecule has 0 fully saturated rings. The molecule has 2 aromatic rings. The van der Waals surface area contributed by atoms with Crippen LogP contribution in [0.2, 0.25) is 10.0 Å². The lowest BCUT2D eigenvalue weighted by molar-refractivity contribution is -0.120. The van der Waals surface area contributed by atoms with Gasteiger partial charge >= 0.3 is 0 Å². The van der Waals surface area contributed by atoms with Gasteiger partial charge in [-0.2, -0.15) is 0 Å². The van der Waals surface area contributed by atoms with Crippen molar-refractivity contribution in [1.29, 1.82) is 0 Å². The van der Waals surface area contributed by atoms with Crippen LogP contribution in [0.4, 0.5) is 0 Å². The van der Waals surface area contributed by atoms with Crippen molar-refractivity contribution in [1.82, 2.24) is 15.6 Å². The molecule has 0 aliphatic rings. The predicted octanol–water partition coefficient (Wildman–Crippen LogP) is 2.48. The van der Waals surface area contributed by atoms with Crippen LogP contribution in [-0.2, 0) is 11.2 Å². The molecule has 0 unspecified atom stereocenters. The second kappa shape index (κ2) is 8.50. The van der Waals surface area contributed by atoms with Crippen LogP contribution in [0, 0.1) is 0 Å². The molecule has 2 N–H and O–H groups in total. The minimum absolute atomic E-state index is 0.117. The Balaban J connectivity index is 1.70. The lowest BCUT2D eigenvalue weighted by atomic mass is 10.1. The molecule has 2 amide bonds. The molecule has 0 saturated carbocycles. The van der Waals surface area contributed by atoms with Crippen LogP contribution in [0.1, 0.15) is 16.1 Å². The molecule has 1 aromatic heterocycles. The molecule has 0 atom stereocenters. The van der Waals surface area contributed by atoms with Gasteiger partial charge in [0.15, 0.2) is 0 Å². The van der Waals surface area contributed by atoms with E-state index in [0.29, 0.717) is 23.0 Å². The number of hydrogen-bond donors (Lipinski definition) is 2. The third kappa shape index (κ3) is 5.88. The van der Waals surface area contributed by atoms with Gasteiger partial charge in [0.2, 0.25) is 5.91 Å². The van der Waals surface area contributed by atoms with E-state index in [1.54, 1.807) is 18.2 Å². The van der Waals surface area contributed by atoms with E-state index in [1.807, 2.05) is 12.1 Å². The zero-order chi connectivity index (χ0) is 16.7. The van der Waals surface area contributed by atoms with Gasteiger partial charge in [-0.3, -0.25) is 14.6 Å². The summed E-state index contributed by atoms with van der Waals surface area (Å²) < 4.78 is 0. The summed E-state index contributed by atoms with van der Waals surface area (Å²) in [6.45, 7) is 0.361. The number of rotatable bonds is 6. The Morgan fingerprint density at radius 1 is 1.00 bits per heavy atom. The van der Waals surface area contributed by atoms with E-state index in [-0.39, 0.29) is 18.1 Å². The highest BCUT2D eigenvalue weighted by atomic mass is 35.5. The second-order valence-electron chi connectivity index (χ2n) is 4.77. The van der Waals surface area contributed by atoms with Crippen molar-refractivity contribution in [3.8, 4) is 0 Å². The molecule has 0 radical (unpaired) electrons. The lowest BCUT2D eigenvalue weighted by Gasteiger charge is -2.07. The van der Waals surface area contributed by atoms with E-state index in [0.717, 1.165) is 5.56 Å². The Kier molecular flexibility index (Phi) is 6.38. The van der Waals surface area contributed by atoms with Gasteiger partial charge in [-0.1, -0.05) is 35.3 Å². The molecule has 23 heavy (non-hydrogen) atoms. The first-order valence-corrected chi connectivity index (χ1v) is 7.71. The summed E-state index contributed by atoms with van der Waals surface area (Å²) in [5, 5.41) is 6.31. The minimum atomic E-state index is -0.444. The summed E-state index contributed by atoms with van der Waals surface area (Å²) in [4.78, 5) is 27.4. The van der Waals surface area contributed by atoms with E-state index in [2.05, 4.69) is 15.6 Å². The number of nitrogens with zero attached hydrogens (tertiary/aromatic N) is 1. The molecule has 5 nitrogen and oxygen atoms in total. The van der Waals surface area contributed by atoms with Crippen molar-refractivity contribution in [3.63, 3.8) is 0 Å².